The van der Waals surface area contributed by atoms with Crippen LogP contribution in [0.15, 0.2) is 0 Å². The van der Waals surface area contributed by atoms with Crippen LogP contribution in [0.3, 0.4) is 0 Å². The molecule has 102 valence electrons. The molecule has 0 aliphatic carbocycles. The predicted molar refractivity (Wildman–Crippen MR) is 59.4 cm³/mol. The van der Waals surface area contributed by atoms with Crippen molar-refractivity contribution in [2.45, 2.75) is 12.5 Å². The number of aliphatic carboxylic acids is 1. The zero-order chi connectivity index (χ0) is 13.9. The summed E-state index contributed by atoms with van der Waals surface area (Å²) in [4.78, 5) is 10.7. The molecule has 1 unspecified atom stereocenters. The second-order valence-electron chi connectivity index (χ2n) is 2.82. The molecular weight excluding hydrogens is 298 g/mol. The van der Waals surface area contributed by atoms with Crippen LogP contribution in [0.25, 0.3) is 0 Å². The van der Waals surface area contributed by atoms with Gasteiger partial charge < -0.3 is 5.11 Å². The number of carboxylic acid groups (broad SMARTS) is 1. The molecule has 0 aromatic carbocycles. The molecule has 1 atom stereocenters. The number of hydrogen-bond donors (Lipinski definition) is 3. The molecule has 0 aliphatic heterocycles. The number of carbonyl (C=O) groups is 1. The Balaban J connectivity index is 5.48. The van der Waals surface area contributed by atoms with Gasteiger partial charge in [0, 0.05) is 0 Å². The van der Waals surface area contributed by atoms with E-state index in [2.05, 4.69) is 0 Å². The van der Waals surface area contributed by atoms with E-state index in [-0.39, 0.29) is 5.75 Å². The largest absolute Gasteiger partial charge is 0.480 e. The zero-order valence-corrected chi connectivity index (χ0v) is 11.0. The normalized spacial score (nSPS) is 14.8. The molecular formula is C5H11NO8S3. The molecule has 0 saturated carbocycles. The monoisotopic (exact) mass is 309 g/mol. The Labute approximate surface area is 103 Å². The van der Waals surface area contributed by atoms with Gasteiger partial charge in [0.05, 0.1) is 0 Å². The van der Waals surface area contributed by atoms with Crippen LogP contribution in [0.2, 0.25) is 0 Å². The quantitative estimate of drug-likeness (QED) is 0.508. The van der Waals surface area contributed by atoms with E-state index in [1.54, 1.807) is 6.26 Å². The van der Waals surface area contributed by atoms with Crippen LogP contribution in [0.1, 0.15) is 6.42 Å². The fourth-order valence-corrected chi connectivity index (χ4v) is 3.43. The van der Waals surface area contributed by atoms with Crippen molar-refractivity contribution in [1.29, 1.82) is 0 Å². The maximum absolute atomic E-state index is 10.8. The Morgan fingerprint density at radius 3 is 1.88 bits per heavy atom. The maximum Gasteiger partial charge on any atom is 0.351 e. The van der Waals surface area contributed by atoms with Crippen molar-refractivity contribution in [3.8, 4) is 0 Å². The third-order valence-corrected chi connectivity index (χ3v) is 4.78. The number of nitrogens with zero attached hydrogens (tertiary/aromatic N) is 1. The van der Waals surface area contributed by atoms with Crippen molar-refractivity contribution in [2.24, 2.45) is 0 Å². The molecule has 0 heterocycles. The Bertz CT molecular complexity index is 435. The van der Waals surface area contributed by atoms with Gasteiger partial charge in [-0.05, 0) is 22.1 Å². The van der Waals surface area contributed by atoms with Crippen LogP contribution >= 0.6 is 11.8 Å². The highest BCUT2D eigenvalue weighted by Gasteiger charge is 2.42. The molecule has 0 radical (unpaired) electrons. The minimum Gasteiger partial charge on any atom is -0.480 e. The molecule has 17 heavy (non-hydrogen) atoms. The second-order valence-corrected chi connectivity index (χ2v) is 6.61. The molecule has 0 aromatic heterocycles. The van der Waals surface area contributed by atoms with Gasteiger partial charge in [-0.25, -0.2) is 0 Å². The molecule has 0 aromatic rings. The SMILES string of the molecule is CSCCC(C(=O)O)N(S(=O)(=O)O)S(=O)(=O)O. The van der Waals surface area contributed by atoms with Gasteiger partial charge in [0.15, 0.2) is 0 Å². The van der Waals surface area contributed by atoms with Crippen molar-refractivity contribution in [1.82, 2.24) is 3.71 Å². The maximum atomic E-state index is 10.8. The van der Waals surface area contributed by atoms with Crippen LogP contribution in [-0.4, -0.2) is 58.8 Å². The van der Waals surface area contributed by atoms with Crippen molar-refractivity contribution < 1.29 is 35.8 Å². The lowest BCUT2D eigenvalue weighted by Crippen LogP contribution is -2.48. The number of hydrogen-bond acceptors (Lipinski definition) is 6. The van der Waals surface area contributed by atoms with E-state index in [9.17, 15) is 21.6 Å². The van der Waals surface area contributed by atoms with Gasteiger partial charge in [0.25, 0.3) is 0 Å². The molecule has 0 amide bonds. The summed E-state index contributed by atoms with van der Waals surface area (Å²) in [7, 11) is -10.8. The van der Waals surface area contributed by atoms with E-state index in [1.165, 1.54) is 0 Å². The Morgan fingerprint density at radius 1 is 1.24 bits per heavy atom. The average Bonchev–Trinajstić information content (AvgIpc) is 2.06. The summed E-state index contributed by atoms with van der Waals surface area (Å²) in [5.74, 6) is -1.67. The van der Waals surface area contributed by atoms with Crippen molar-refractivity contribution in [2.75, 3.05) is 12.0 Å². The first-order valence-corrected chi connectivity index (χ1v) is 8.16. The minimum atomic E-state index is -5.39. The summed E-state index contributed by atoms with van der Waals surface area (Å²) in [6, 6.07) is -2.09. The summed E-state index contributed by atoms with van der Waals surface area (Å²) in [5, 5.41) is 8.69. The number of rotatable bonds is 7. The molecule has 0 bridgehead atoms. The third kappa shape index (κ3) is 5.18. The summed E-state index contributed by atoms with van der Waals surface area (Å²) in [6.45, 7) is 0. The predicted octanol–water partition coefficient (Wildman–Crippen LogP) is -0.900. The van der Waals surface area contributed by atoms with Crippen molar-refractivity contribution in [3.05, 3.63) is 0 Å². The minimum absolute atomic E-state index is 0.124. The molecule has 0 fully saturated rings. The Morgan fingerprint density at radius 2 is 1.65 bits per heavy atom. The highest BCUT2D eigenvalue weighted by Crippen LogP contribution is 2.16. The van der Waals surface area contributed by atoms with E-state index in [4.69, 9.17) is 14.2 Å². The van der Waals surface area contributed by atoms with Gasteiger partial charge in [-0.1, -0.05) is 0 Å². The second kappa shape index (κ2) is 5.97. The molecule has 0 aliphatic rings. The van der Waals surface area contributed by atoms with Crippen LogP contribution in [0.5, 0.6) is 0 Å². The van der Waals surface area contributed by atoms with E-state index in [0.29, 0.717) is 0 Å². The lowest BCUT2D eigenvalue weighted by atomic mass is 10.2. The van der Waals surface area contributed by atoms with Gasteiger partial charge in [0.2, 0.25) is 0 Å². The lowest BCUT2D eigenvalue weighted by molar-refractivity contribution is -0.140. The van der Waals surface area contributed by atoms with E-state index >= 15 is 0 Å². The molecule has 9 nitrogen and oxygen atoms in total. The standard InChI is InChI=1S/C5H11NO8S3/c1-15-3-2-4(5(7)8)6(16(9,10)11)17(12,13)14/h4H,2-3H2,1H3,(H,7,8)(H,9,10,11)(H,12,13,14). The average molecular weight is 309 g/mol. The first-order chi connectivity index (χ1) is 7.51. The van der Waals surface area contributed by atoms with Gasteiger partial charge >= 0.3 is 26.6 Å². The van der Waals surface area contributed by atoms with Crippen molar-refractivity contribution in [3.63, 3.8) is 0 Å². The molecule has 0 rings (SSSR count). The summed E-state index contributed by atoms with van der Waals surface area (Å²) >= 11 is 1.14. The summed E-state index contributed by atoms with van der Waals surface area (Å²) in [5.41, 5.74) is 0. The summed E-state index contributed by atoms with van der Waals surface area (Å²) in [6.07, 6.45) is 1.19. The molecule has 3 N–H and O–H groups in total. The number of carboxylic acids is 1. The molecule has 12 heteroatoms. The van der Waals surface area contributed by atoms with Gasteiger partial charge in [0.1, 0.15) is 6.04 Å². The van der Waals surface area contributed by atoms with E-state index < -0.39 is 42.8 Å². The molecule has 0 saturated heterocycles. The highest BCUT2D eigenvalue weighted by atomic mass is 32.3. The Kier molecular flexibility index (Phi) is 5.83. The van der Waals surface area contributed by atoms with Crippen molar-refractivity contribution >= 4 is 38.3 Å². The van der Waals surface area contributed by atoms with Gasteiger partial charge in [-0.15, -0.1) is 0 Å². The first-order valence-electron chi connectivity index (χ1n) is 3.98. The van der Waals surface area contributed by atoms with Crippen LogP contribution in [0.4, 0.5) is 0 Å². The topological polar surface area (TPSA) is 149 Å². The van der Waals surface area contributed by atoms with Gasteiger partial charge in [-0.3, -0.25) is 13.9 Å². The summed E-state index contributed by atoms with van der Waals surface area (Å²) < 4.78 is 59.4. The Hall–Kier alpha value is -0.400. The third-order valence-electron chi connectivity index (χ3n) is 1.59. The fraction of sp³-hybridized carbons (Fsp3) is 0.800. The fourth-order valence-electron chi connectivity index (χ4n) is 0.989. The number of thioether (sulfide) groups is 1. The first kappa shape index (κ1) is 16.6. The van der Waals surface area contributed by atoms with E-state index in [0.717, 1.165) is 11.8 Å². The van der Waals surface area contributed by atoms with Crippen LogP contribution in [-0.2, 0) is 25.4 Å². The smallest absolute Gasteiger partial charge is 0.351 e. The van der Waals surface area contributed by atoms with E-state index in [1.807, 2.05) is 0 Å². The zero-order valence-electron chi connectivity index (χ0n) is 8.55. The van der Waals surface area contributed by atoms with Gasteiger partial charge in [-0.2, -0.15) is 28.6 Å². The molecule has 0 spiro atoms. The lowest BCUT2D eigenvalue weighted by Gasteiger charge is -2.21. The highest BCUT2D eigenvalue weighted by molar-refractivity contribution is 7.99. The van der Waals surface area contributed by atoms with Crippen LogP contribution < -0.4 is 0 Å². The van der Waals surface area contributed by atoms with Crippen LogP contribution in [0, 0.1) is 0 Å².